The van der Waals surface area contributed by atoms with Crippen molar-refractivity contribution in [3.8, 4) is 0 Å². The summed E-state index contributed by atoms with van der Waals surface area (Å²) in [5, 5.41) is 0.505. The van der Waals surface area contributed by atoms with Crippen LogP contribution in [-0.2, 0) is 28.1 Å². The van der Waals surface area contributed by atoms with Crippen molar-refractivity contribution >= 4 is 11.6 Å². The van der Waals surface area contributed by atoms with Gasteiger partial charge in [-0.25, -0.2) is 9.97 Å². The highest BCUT2D eigenvalue weighted by Crippen LogP contribution is 2.33. The van der Waals surface area contributed by atoms with E-state index in [1.165, 1.54) is 0 Å². The van der Waals surface area contributed by atoms with Crippen LogP contribution in [0.2, 0.25) is 5.15 Å². The van der Waals surface area contributed by atoms with E-state index >= 15 is 0 Å². The lowest BCUT2D eigenvalue weighted by molar-refractivity contribution is -0.0575. The summed E-state index contributed by atoms with van der Waals surface area (Å²) in [6.07, 6.45) is 2.46. The summed E-state index contributed by atoms with van der Waals surface area (Å²) in [6, 6.07) is 0. The van der Waals surface area contributed by atoms with E-state index < -0.39 is 5.60 Å². The number of rotatable bonds is 5. The fourth-order valence-electron chi connectivity index (χ4n) is 2.51. The molecule has 0 aliphatic carbocycles. The van der Waals surface area contributed by atoms with Gasteiger partial charge < -0.3 is 9.47 Å². The first kappa shape index (κ1) is 14.7. The summed E-state index contributed by atoms with van der Waals surface area (Å²) in [4.78, 5) is 9.17. The fraction of sp³-hybridized carbons (Fsp3) is 0.714. The van der Waals surface area contributed by atoms with Crippen molar-refractivity contribution in [3.05, 3.63) is 22.2 Å². The molecule has 1 aromatic heterocycles. The van der Waals surface area contributed by atoms with Crippen molar-refractivity contribution in [2.24, 2.45) is 0 Å². The van der Waals surface area contributed by atoms with Crippen LogP contribution in [0.25, 0.3) is 0 Å². The van der Waals surface area contributed by atoms with Crippen LogP contribution in [0.15, 0.2) is 0 Å². The van der Waals surface area contributed by atoms with Crippen molar-refractivity contribution in [1.29, 1.82) is 0 Å². The molecule has 19 heavy (non-hydrogen) atoms. The van der Waals surface area contributed by atoms with Crippen molar-refractivity contribution in [1.82, 2.24) is 9.97 Å². The third-order valence-corrected chi connectivity index (χ3v) is 4.05. The van der Waals surface area contributed by atoms with Crippen LogP contribution >= 0.6 is 11.6 Å². The molecule has 0 fully saturated rings. The van der Waals surface area contributed by atoms with E-state index in [0.717, 1.165) is 30.5 Å². The van der Waals surface area contributed by atoms with Gasteiger partial charge in [0.05, 0.1) is 18.9 Å². The molecule has 0 bridgehead atoms. The Morgan fingerprint density at radius 2 is 2.00 bits per heavy atom. The second-order valence-corrected chi connectivity index (χ2v) is 5.06. The predicted molar refractivity (Wildman–Crippen MR) is 74.3 cm³/mol. The first-order valence-corrected chi connectivity index (χ1v) is 7.32. The average Bonchev–Trinajstić information content (AvgIpc) is 2.45. The van der Waals surface area contributed by atoms with Gasteiger partial charge in [0, 0.05) is 18.6 Å². The number of nitrogens with zero attached hydrogens (tertiary/aromatic N) is 2. The summed E-state index contributed by atoms with van der Waals surface area (Å²) in [7, 11) is 0. The van der Waals surface area contributed by atoms with Crippen LogP contribution < -0.4 is 0 Å². The van der Waals surface area contributed by atoms with E-state index in [-0.39, 0.29) is 0 Å². The van der Waals surface area contributed by atoms with Gasteiger partial charge in [0.2, 0.25) is 0 Å². The second kappa shape index (κ2) is 6.16. The van der Waals surface area contributed by atoms with E-state index in [9.17, 15) is 0 Å². The molecule has 0 saturated heterocycles. The van der Waals surface area contributed by atoms with Gasteiger partial charge in [-0.15, -0.1) is 0 Å². The molecule has 5 heteroatoms. The minimum absolute atomic E-state index is 0.425. The van der Waals surface area contributed by atoms with Crippen LogP contribution in [0.4, 0.5) is 0 Å². The zero-order valence-corrected chi connectivity index (χ0v) is 12.6. The molecule has 4 nitrogen and oxygen atoms in total. The molecule has 0 radical (unpaired) electrons. The maximum absolute atomic E-state index is 6.28. The number of aromatic nitrogens is 2. The first-order valence-electron chi connectivity index (χ1n) is 6.94. The van der Waals surface area contributed by atoms with Crippen molar-refractivity contribution in [2.75, 3.05) is 13.2 Å². The Morgan fingerprint density at radius 3 is 2.63 bits per heavy atom. The fourth-order valence-corrected chi connectivity index (χ4v) is 2.75. The van der Waals surface area contributed by atoms with Gasteiger partial charge in [-0.05, 0) is 19.8 Å². The second-order valence-electron chi connectivity index (χ2n) is 4.70. The highest BCUT2D eigenvalue weighted by atomic mass is 35.5. The Kier molecular flexibility index (Phi) is 4.76. The van der Waals surface area contributed by atoms with Crippen LogP contribution in [0, 0.1) is 0 Å². The number of hydrogen-bond acceptors (Lipinski definition) is 4. The lowest BCUT2D eigenvalue weighted by Gasteiger charge is -2.31. The Hall–Kier alpha value is -0.710. The standard InChI is InChI=1S/C14H21ClN2O2/c1-4-14(5-2,19-6-3)13-16-11-7-8-18-9-10(11)12(15)17-13/h4-9H2,1-3H3. The summed E-state index contributed by atoms with van der Waals surface area (Å²) >= 11 is 6.28. The number of hydrogen-bond donors (Lipinski definition) is 0. The summed E-state index contributed by atoms with van der Waals surface area (Å²) in [5.41, 5.74) is 1.51. The molecule has 0 aromatic carbocycles. The molecule has 2 rings (SSSR count). The Labute approximate surface area is 119 Å². The predicted octanol–water partition coefficient (Wildman–Crippen LogP) is 3.25. The summed E-state index contributed by atoms with van der Waals surface area (Å²) in [6.45, 7) is 8.03. The lowest BCUT2D eigenvalue weighted by Crippen LogP contribution is -2.32. The summed E-state index contributed by atoms with van der Waals surface area (Å²) in [5.74, 6) is 0.713. The van der Waals surface area contributed by atoms with E-state index in [1.54, 1.807) is 0 Å². The van der Waals surface area contributed by atoms with Gasteiger partial charge in [0.1, 0.15) is 10.8 Å². The minimum atomic E-state index is -0.425. The molecule has 1 aromatic rings. The van der Waals surface area contributed by atoms with E-state index in [4.69, 9.17) is 26.1 Å². The Balaban J connectivity index is 2.46. The Bertz CT molecular complexity index is 447. The maximum atomic E-state index is 6.28. The molecule has 1 aliphatic heterocycles. The largest absolute Gasteiger partial charge is 0.376 e. The number of fused-ring (bicyclic) bond motifs is 1. The van der Waals surface area contributed by atoms with Crippen LogP contribution in [0.3, 0.4) is 0 Å². The van der Waals surface area contributed by atoms with E-state index in [1.807, 2.05) is 6.92 Å². The average molecular weight is 285 g/mol. The third kappa shape index (κ3) is 2.76. The van der Waals surface area contributed by atoms with Crippen LogP contribution in [0.1, 0.15) is 50.7 Å². The first-order chi connectivity index (χ1) is 9.16. The quantitative estimate of drug-likeness (QED) is 0.779. The molecule has 0 N–H and O–H groups in total. The van der Waals surface area contributed by atoms with Gasteiger partial charge >= 0.3 is 0 Å². The Morgan fingerprint density at radius 1 is 1.26 bits per heavy atom. The van der Waals surface area contributed by atoms with Gasteiger partial charge in [-0.2, -0.15) is 0 Å². The topological polar surface area (TPSA) is 44.2 Å². The molecule has 0 amide bonds. The summed E-state index contributed by atoms with van der Waals surface area (Å²) < 4.78 is 11.4. The third-order valence-electron chi connectivity index (χ3n) is 3.74. The highest BCUT2D eigenvalue weighted by Gasteiger charge is 2.34. The number of halogens is 1. The molecule has 0 unspecified atom stereocenters. The molecular weight excluding hydrogens is 264 g/mol. The van der Waals surface area contributed by atoms with Gasteiger partial charge in [-0.3, -0.25) is 0 Å². The normalized spacial score (nSPS) is 15.4. The number of ether oxygens (including phenoxy) is 2. The maximum Gasteiger partial charge on any atom is 0.162 e. The molecule has 106 valence electrons. The zero-order valence-electron chi connectivity index (χ0n) is 11.8. The molecule has 0 atom stereocenters. The molecule has 2 heterocycles. The van der Waals surface area contributed by atoms with Crippen molar-refractivity contribution < 1.29 is 9.47 Å². The smallest absolute Gasteiger partial charge is 0.162 e. The minimum Gasteiger partial charge on any atom is -0.376 e. The van der Waals surface area contributed by atoms with Crippen molar-refractivity contribution in [3.63, 3.8) is 0 Å². The van der Waals surface area contributed by atoms with Gasteiger partial charge in [-0.1, -0.05) is 25.4 Å². The zero-order chi connectivity index (χ0) is 13.9. The molecular formula is C14H21ClN2O2. The monoisotopic (exact) mass is 284 g/mol. The molecule has 0 saturated carbocycles. The highest BCUT2D eigenvalue weighted by molar-refractivity contribution is 6.30. The van der Waals surface area contributed by atoms with Crippen molar-refractivity contribution in [2.45, 2.75) is 52.2 Å². The van der Waals surface area contributed by atoms with E-state index in [2.05, 4.69) is 18.8 Å². The van der Waals surface area contributed by atoms with E-state index in [0.29, 0.717) is 30.8 Å². The molecule has 1 aliphatic rings. The lowest BCUT2D eigenvalue weighted by atomic mass is 9.95. The SMILES string of the molecule is CCOC(CC)(CC)c1nc(Cl)c2c(n1)CCOC2. The van der Waals surface area contributed by atoms with Gasteiger partial charge in [0.25, 0.3) is 0 Å². The molecule has 0 spiro atoms. The van der Waals surface area contributed by atoms with Crippen LogP contribution in [0.5, 0.6) is 0 Å². The van der Waals surface area contributed by atoms with Crippen LogP contribution in [-0.4, -0.2) is 23.2 Å². The van der Waals surface area contributed by atoms with Gasteiger partial charge in [0.15, 0.2) is 5.82 Å².